The summed E-state index contributed by atoms with van der Waals surface area (Å²) >= 11 is 0. The number of carbonyl (C=O) groups is 6. The highest BCUT2D eigenvalue weighted by Gasteiger charge is 2.31. The van der Waals surface area contributed by atoms with E-state index in [0.29, 0.717) is 24.0 Å². The molecule has 1 aromatic carbocycles. The summed E-state index contributed by atoms with van der Waals surface area (Å²) < 4.78 is 0. The molecule has 0 saturated carbocycles. The van der Waals surface area contributed by atoms with E-state index in [1.165, 1.54) is 38.2 Å². The van der Waals surface area contributed by atoms with Crippen molar-refractivity contribution in [1.82, 2.24) is 14.7 Å². The quantitative estimate of drug-likeness (QED) is 0.591. The minimum atomic E-state index is -0.241. The van der Waals surface area contributed by atoms with E-state index in [2.05, 4.69) is 0 Å². The van der Waals surface area contributed by atoms with Gasteiger partial charge in [0.1, 0.15) is 0 Å². The molecule has 0 N–H and O–H groups in total. The van der Waals surface area contributed by atoms with Gasteiger partial charge in [-0.1, -0.05) is 27.0 Å². The lowest BCUT2D eigenvalue weighted by molar-refractivity contribution is -0.137. The second-order valence-corrected chi connectivity index (χ2v) is 6.13. The van der Waals surface area contributed by atoms with Gasteiger partial charge in [-0.2, -0.15) is 0 Å². The van der Waals surface area contributed by atoms with Crippen molar-refractivity contribution < 1.29 is 28.8 Å². The lowest BCUT2D eigenvalue weighted by atomic mass is 10.1. The number of fused-ring (bicyclic) bond motifs is 1. The van der Waals surface area contributed by atoms with Crippen molar-refractivity contribution in [1.29, 1.82) is 0 Å². The fourth-order valence-electron chi connectivity index (χ4n) is 2.47. The first-order valence-corrected chi connectivity index (χ1v) is 8.35. The Morgan fingerprint density at radius 1 is 0.600 bits per heavy atom. The molecule has 3 aliphatic rings. The molecule has 0 unspecified atom stereocenters. The summed E-state index contributed by atoms with van der Waals surface area (Å²) in [5.41, 5.74) is 1.01. The van der Waals surface area contributed by atoms with Crippen molar-refractivity contribution >= 4 is 35.4 Å². The van der Waals surface area contributed by atoms with Crippen molar-refractivity contribution in [2.75, 3.05) is 21.1 Å². The highest BCUT2D eigenvalue weighted by Crippen LogP contribution is 2.20. The van der Waals surface area contributed by atoms with Crippen LogP contribution in [-0.4, -0.2) is 71.3 Å². The Kier molecular flexibility index (Phi) is 9.49. The lowest BCUT2D eigenvalue weighted by Gasteiger charge is -2.02. The van der Waals surface area contributed by atoms with Crippen LogP contribution in [0.5, 0.6) is 0 Å². The normalized spacial score (nSPS) is 16.4. The smallest absolute Gasteiger partial charge is 0.261 e. The second-order valence-electron chi connectivity index (χ2n) is 6.13. The van der Waals surface area contributed by atoms with Crippen molar-refractivity contribution in [2.45, 2.75) is 27.7 Å². The summed E-state index contributed by atoms with van der Waals surface area (Å²) in [6, 6.07) is 6.84. The number of nitrogens with zero attached hydrogens (tertiary/aromatic N) is 3. The fourth-order valence-corrected chi connectivity index (χ4v) is 2.47. The molecule has 9 heteroatoms. The van der Waals surface area contributed by atoms with Crippen molar-refractivity contribution in [3.05, 3.63) is 47.5 Å². The monoisotopic (exact) mass is 417 g/mol. The Morgan fingerprint density at radius 2 is 0.967 bits per heavy atom. The number of likely N-dealkylation sites (tertiary alicyclic amines) is 1. The molecule has 30 heavy (non-hydrogen) atoms. The van der Waals surface area contributed by atoms with E-state index in [1.54, 1.807) is 24.3 Å². The third-order valence-electron chi connectivity index (χ3n) is 4.33. The number of likely N-dealkylation sites (N-methyl/N-ethyl adjacent to an activating group) is 1. The third-order valence-corrected chi connectivity index (χ3v) is 4.33. The molecule has 0 aliphatic carbocycles. The SMILES string of the molecule is C.C.CN1C(=O)C=CC1=O.CN1C(=O)CCC1=O.CN1C(=O)c2ccccc2C1=O. The van der Waals surface area contributed by atoms with Gasteiger partial charge in [0, 0.05) is 46.1 Å². The van der Waals surface area contributed by atoms with Crippen LogP contribution < -0.4 is 0 Å². The summed E-state index contributed by atoms with van der Waals surface area (Å²) in [4.78, 5) is 67.8. The van der Waals surface area contributed by atoms with Gasteiger partial charge in [-0.3, -0.25) is 43.5 Å². The first-order chi connectivity index (χ1) is 13.1. The van der Waals surface area contributed by atoms with Crippen molar-refractivity contribution in [3.63, 3.8) is 0 Å². The first kappa shape index (κ1) is 26.4. The Balaban J connectivity index is 0.000000420. The Labute approximate surface area is 175 Å². The molecule has 6 amide bonds. The largest absolute Gasteiger partial charge is 0.286 e. The van der Waals surface area contributed by atoms with Crippen molar-refractivity contribution in [2.24, 2.45) is 0 Å². The van der Waals surface area contributed by atoms with E-state index >= 15 is 0 Å². The van der Waals surface area contributed by atoms with Crippen LogP contribution in [-0.2, 0) is 19.2 Å². The van der Waals surface area contributed by atoms with Crippen LogP contribution in [0, 0.1) is 0 Å². The summed E-state index contributed by atoms with van der Waals surface area (Å²) in [5, 5.41) is 0. The van der Waals surface area contributed by atoms with Gasteiger partial charge in [0.2, 0.25) is 11.8 Å². The molecule has 0 bridgehead atoms. The highest BCUT2D eigenvalue weighted by molar-refractivity contribution is 6.21. The predicted octanol–water partition coefficient (Wildman–Crippen LogP) is 1.49. The van der Waals surface area contributed by atoms with Crippen LogP contribution in [0.3, 0.4) is 0 Å². The maximum absolute atomic E-state index is 11.3. The summed E-state index contributed by atoms with van der Waals surface area (Å²) in [6.07, 6.45) is 3.30. The standard InChI is InChI=1S/C9H7NO2.C5H7NO2.C5H5NO2.2CH4/c1-10-8(11)6-4-2-3-5-7(6)9(10)12;2*1-6-4(7)2-3-5(6)8;;/h2-5H,1H3;2-3H2,1H3;2-3H,1H3;2*1H4. The molecule has 162 valence electrons. The number of benzene rings is 1. The van der Waals surface area contributed by atoms with E-state index in [4.69, 9.17) is 0 Å². The van der Waals surface area contributed by atoms with Crippen LogP contribution in [0.25, 0.3) is 0 Å². The topological polar surface area (TPSA) is 112 Å². The lowest BCUT2D eigenvalue weighted by Crippen LogP contribution is -2.24. The van der Waals surface area contributed by atoms with Crippen LogP contribution in [0.1, 0.15) is 48.4 Å². The van der Waals surface area contributed by atoms with Gasteiger partial charge < -0.3 is 0 Å². The molecule has 0 aromatic heterocycles. The minimum absolute atomic E-state index is 0. The highest BCUT2D eigenvalue weighted by atomic mass is 16.2. The van der Waals surface area contributed by atoms with E-state index in [1.807, 2.05) is 0 Å². The maximum atomic E-state index is 11.3. The zero-order valence-electron chi connectivity index (χ0n) is 15.7. The van der Waals surface area contributed by atoms with Crippen LogP contribution in [0.4, 0.5) is 0 Å². The average molecular weight is 417 g/mol. The Morgan fingerprint density at radius 3 is 1.20 bits per heavy atom. The number of amides is 6. The molecule has 1 saturated heterocycles. The van der Waals surface area contributed by atoms with Gasteiger partial charge >= 0.3 is 0 Å². The minimum Gasteiger partial charge on any atom is -0.286 e. The molecule has 1 aromatic rings. The number of carbonyl (C=O) groups excluding carboxylic acids is 6. The third kappa shape index (κ3) is 5.47. The molecule has 0 spiro atoms. The zero-order chi connectivity index (χ0) is 21.0. The molecule has 3 aliphatic heterocycles. The van der Waals surface area contributed by atoms with E-state index in [-0.39, 0.29) is 50.3 Å². The molecule has 3 heterocycles. The maximum Gasteiger partial charge on any atom is 0.261 e. The van der Waals surface area contributed by atoms with E-state index < -0.39 is 0 Å². The van der Waals surface area contributed by atoms with Crippen LogP contribution >= 0.6 is 0 Å². The van der Waals surface area contributed by atoms with Gasteiger partial charge in [0.05, 0.1) is 11.1 Å². The molecule has 1 fully saturated rings. The number of rotatable bonds is 0. The van der Waals surface area contributed by atoms with Gasteiger partial charge in [0.15, 0.2) is 0 Å². The second kappa shape index (κ2) is 10.8. The van der Waals surface area contributed by atoms with E-state index in [9.17, 15) is 28.8 Å². The fraction of sp³-hybridized carbons (Fsp3) is 0.333. The summed E-state index contributed by atoms with van der Waals surface area (Å²) in [7, 11) is 4.45. The van der Waals surface area contributed by atoms with Gasteiger partial charge in [-0.25, -0.2) is 0 Å². The number of hydrogen-bond donors (Lipinski definition) is 0. The Bertz CT molecular complexity index is 837. The molecule has 0 radical (unpaired) electrons. The molecule has 4 rings (SSSR count). The first-order valence-electron chi connectivity index (χ1n) is 8.35. The Hall–Kier alpha value is -3.62. The summed E-state index contributed by atoms with van der Waals surface area (Å²) in [6.45, 7) is 0. The predicted molar refractivity (Wildman–Crippen MR) is 110 cm³/mol. The van der Waals surface area contributed by atoms with Gasteiger partial charge in [-0.15, -0.1) is 0 Å². The average Bonchev–Trinajstić information content (AvgIpc) is 3.24. The van der Waals surface area contributed by atoms with Crippen molar-refractivity contribution in [3.8, 4) is 0 Å². The zero-order valence-corrected chi connectivity index (χ0v) is 15.7. The molecule has 0 atom stereocenters. The van der Waals surface area contributed by atoms with Gasteiger partial charge in [-0.05, 0) is 12.1 Å². The molecular weight excluding hydrogens is 390 g/mol. The summed E-state index contributed by atoms with van der Waals surface area (Å²) in [5.74, 6) is -1.03. The number of imide groups is 3. The number of hydrogen-bond acceptors (Lipinski definition) is 6. The van der Waals surface area contributed by atoms with E-state index in [0.717, 1.165) is 9.80 Å². The van der Waals surface area contributed by atoms with Gasteiger partial charge in [0.25, 0.3) is 23.6 Å². The van der Waals surface area contributed by atoms with Crippen LogP contribution in [0.15, 0.2) is 36.4 Å². The molecule has 9 nitrogen and oxygen atoms in total. The molecular formula is C21H27N3O6. The van der Waals surface area contributed by atoms with Crippen LogP contribution in [0.2, 0.25) is 0 Å².